The van der Waals surface area contributed by atoms with Crippen molar-refractivity contribution in [1.82, 2.24) is 5.32 Å². The van der Waals surface area contributed by atoms with Crippen LogP contribution in [-0.4, -0.2) is 42.9 Å². The van der Waals surface area contributed by atoms with Crippen molar-refractivity contribution in [1.29, 1.82) is 0 Å². The summed E-state index contributed by atoms with van der Waals surface area (Å²) in [5, 5.41) is 12.5. The number of hydrogen-bond acceptors (Lipinski definition) is 5. The van der Waals surface area contributed by atoms with Crippen molar-refractivity contribution in [3.8, 4) is 11.5 Å². The van der Waals surface area contributed by atoms with E-state index in [1.807, 2.05) is 12.1 Å². The predicted octanol–water partition coefficient (Wildman–Crippen LogP) is 2.42. The number of ether oxygens (including phenoxy) is 2. The van der Waals surface area contributed by atoms with E-state index in [9.17, 15) is 14.3 Å². The lowest BCUT2D eigenvalue weighted by Crippen LogP contribution is -2.49. The molecule has 28 heavy (non-hydrogen) atoms. The lowest BCUT2D eigenvalue weighted by Gasteiger charge is -2.28. The van der Waals surface area contributed by atoms with Gasteiger partial charge in [0.05, 0.1) is 24.3 Å². The van der Waals surface area contributed by atoms with E-state index in [1.54, 1.807) is 12.1 Å². The Kier molecular flexibility index (Phi) is 8.19. The van der Waals surface area contributed by atoms with Crippen molar-refractivity contribution in [2.45, 2.75) is 25.0 Å². The number of aliphatic hydroxyl groups is 1. The van der Waals surface area contributed by atoms with Gasteiger partial charge in [-0.15, -0.1) is 12.4 Å². The number of nitrogens with one attached hydrogen (secondary N) is 1. The largest absolute Gasteiger partial charge is 0.457 e. The monoisotopic (exact) mass is 410 g/mol. The summed E-state index contributed by atoms with van der Waals surface area (Å²) >= 11 is 0. The summed E-state index contributed by atoms with van der Waals surface area (Å²) in [4.78, 5) is 12.4. The van der Waals surface area contributed by atoms with Crippen LogP contribution in [0.1, 0.15) is 22.3 Å². The molecular weight excluding hydrogens is 387 g/mol. The van der Waals surface area contributed by atoms with Gasteiger partial charge < -0.3 is 25.6 Å². The van der Waals surface area contributed by atoms with E-state index in [0.717, 1.165) is 12.0 Å². The van der Waals surface area contributed by atoms with Crippen LogP contribution >= 0.6 is 12.4 Å². The van der Waals surface area contributed by atoms with Crippen molar-refractivity contribution < 1.29 is 23.8 Å². The molecule has 0 aromatic heterocycles. The topological polar surface area (TPSA) is 93.8 Å². The van der Waals surface area contributed by atoms with Gasteiger partial charge in [-0.3, -0.25) is 4.79 Å². The first-order chi connectivity index (χ1) is 13.1. The Hall–Kier alpha value is -2.19. The summed E-state index contributed by atoms with van der Waals surface area (Å²) in [5.74, 6) is -0.367. The number of carbonyl (C=O) groups excluding carboxylic acids is 1. The summed E-state index contributed by atoms with van der Waals surface area (Å²) in [6.07, 6.45) is 0.492. The fraction of sp³-hybridized carbons (Fsp3) is 0.350. The zero-order chi connectivity index (χ0) is 19.2. The van der Waals surface area contributed by atoms with Crippen LogP contribution in [0, 0.1) is 5.82 Å². The molecule has 2 atom stereocenters. The number of nitrogens with two attached hydrogens (primary N) is 1. The van der Waals surface area contributed by atoms with Crippen LogP contribution in [0.15, 0.2) is 42.5 Å². The third kappa shape index (κ3) is 5.65. The minimum atomic E-state index is -0.711. The Labute approximate surface area is 169 Å². The molecule has 1 aliphatic heterocycles. The maximum absolute atomic E-state index is 14.1. The number of halogens is 2. The SMILES string of the molecule is Cl.NCCc1ccc(Oc2ccc(F)c(C(=O)N[C@@H]3COCC[C@H]3O)c2)cc1. The summed E-state index contributed by atoms with van der Waals surface area (Å²) in [7, 11) is 0. The predicted molar refractivity (Wildman–Crippen MR) is 106 cm³/mol. The number of aliphatic hydroxyl groups excluding tert-OH is 1. The van der Waals surface area contributed by atoms with Crippen molar-refractivity contribution in [3.05, 3.63) is 59.4 Å². The molecule has 1 fully saturated rings. The van der Waals surface area contributed by atoms with Gasteiger partial charge in [-0.25, -0.2) is 4.39 Å². The molecule has 1 heterocycles. The van der Waals surface area contributed by atoms with Gasteiger partial charge in [0, 0.05) is 6.61 Å². The van der Waals surface area contributed by atoms with Crippen molar-refractivity contribution in [3.63, 3.8) is 0 Å². The van der Waals surface area contributed by atoms with E-state index in [2.05, 4.69) is 5.32 Å². The Morgan fingerprint density at radius 2 is 1.96 bits per heavy atom. The molecule has 0 unspecified atom stereocenters. The molecule has 152 valence electrons. The Morgan fingerprint density at radius 1 is 1.25 bits per heavy atom. The molecule has 1 saturated heterocycles. The van der Waals surface area contributed by atoms with Gasteiger partial charge in [0.1, 0.15) is 17.3 Å². The van der Waals surface area contributed by atoms with Gasteiger partial charge >= 0.3 is 0 Å². The van der Waals surface area contributed by atoms with Crippen LogP contribution in [0.4, 0.5) is 4.39 Å². The molecule has 3 rings (SSSR count). The van der Waals surface area contributed by atoms with E-state index in [4.69, 9.17) is 15.2 Å². The molecule has 0 bridgehead atoms. The van der Waals surface area contributed by atoms with Crippen molar-refractivity contribution in [2.24, 2.45) is 5.73 Å². The molecule has 0 radical (unpaired) electrons. The fourth-order valence-corrected chi connectivity index (χ4v) is 2.88. The van der Waals surface area contributed by atoms with Gasteiger partial charge in [0.25, 0.3) is 5.91 Å². The molecule has 2 aromatic carbocycles. The maximum atomic E-state index is 14.1. The second-order valence-electron chi connectivity index (χ2n) is 6.44. The quantitative estimate of drug-likeness (QED) is 0.680. The minimum Gasteiger partial charge on any atom is -0.457 e. The lowest BCUT2D eigenvalue weighted by molar-refractivity contribution is -0.0140. The van der Waals surface area contributed by atoms with E-state index >= 15 is 0 Å². The van der Waals surface area contributed by atoms with Gasteiger partial charge in [-0.1, -0.05) is 12.1 Å². The zero-order valence-electron chi connectivity index (χ0n) is 15.3. The Morgan fingerprint density at radius 3 is 2.64 bits per heavy atom. The minimum absolute atomic E-state index is 0. The molecule has 0 aliphatic carbocycles. The summed E-state index contributed by atoms with van der Waals surface area (Å²) < 4.78 is 25.1. The molecule has 2 aromatic rings. The first kappa shape index (κ1) is 22.1. The first-order valence-electron chi connectivity index (χ1n) is 8.90. The van der Waals surface area contributed by atoms with E-state index < -0.39 is 23.9 Å². The van der Waals surface area contributed by atoms with E-state index in [-0.39, 0.29) is 24.6 Å². The molecule has 0 spiro atoms. The van der Waals surface area contributed by atoms with Crippen LogP contribution < -0.4 is 15.8 Å². The molecule has 8 heteroatoms. The highest BCUT2D eigenvalue weighted by molar-refractivity contribution is 5.95. The molecule has 1 amide bonds. The van der Waals surface area contributed by atoms with E-state index in [0.29, 0.717) is 31.1 Å². The number of rotatable bonds is 6. The highest BCUT2D eigenvalue weighted by atomic mass is 35.5. The van der Waals surface area contributed by atoms with Gasteiger partial charge in [0.2, 0.25) is 0 Å². The van der Waals surface area contributed by atoms with Crippen molar-refractivity contribution >= 4 is 18.3 Å². The number of amides is 1. The highest BCUT2D eigenvalue weighted by Gasteiger charge is 2.26. The number of hydrogen-bond donors (Lipinski definition) is 3. The van der Waals surface area contributed by atoms with Crippen molar-refractivity contribution in [2.75, 3.05) is 19.8 Å². The lowest BCUT2D eigenvalue weighted by atomic mass is 10.1. The number of carbonyl (C=O) groups is 1. The average Bonchev–Trinajstić information content (AvgIpc) is 2.67. The summed E-state index contributed by atoms with van der Waals surface area (Å²) in [5.41, 5.74) is 6.48. The number of benzene rings is 2. The highest BCUT2D eigenvalue weighted by Crippen LogP contribution is 2.24. The maximum Gasteiger partial charge on any atom is 0.254 e. The van der Waals surface area contributed by atoms with Crippen LogP contribution in [0.25, 0.3) is 0 Å². The molecule has 0 saturated carbocycles. The summed E-state index contributed by atoms with van der Waals surface area (Å²) in [6.45, 7) is 1.20. The van der Waals surface area contributed by atoms with Gasteiger partial charge in [-0.2, -0.15) is 0 Å². The van der Waals surface area contributed by atoms with Gasteiger partial charge in [-0.05, 0) is 55.3 Å². The molecular formula is C20H24ClFN2O4. The fourth-order valence-electron chi connectivity index (χ4n) is 2.88. The molecule has 4 N–H and O–H groups in total. The smallest absolute Gasteiger partial charge is 0.254 e. The molecule has 1 aliphatic rings. The average molecular weight is 411 g/mol. The third-order valence-corrected chi connectivity index (χ3v) is 4.41. The van der Waals surface area contributed by atoms with Crippen LogP contribution in [0.3, 0.4) is 0 Å². The molecule has 6 nitrogen and oxygen atoms in total. The second kappa shape index (κ2) is 10.4. The Balaban J connectivity index is 0.00000280. The second-order valence-corrected chi connectivity index (χ2v) is 6.44. The van der Waals surface area contributed by atoms with Crippen LogP contribution in [-0.2, 0) is 11.2 Å². The first-order valence-corrected chi connectivity index (χ1v) is 8.90. The standard InChI is InChI=1S/C20H23FN2O4.ClH/c21-17-6-5-15(27-14-3-1-13(2-4-14)7-9-22)11-16(17)20(25)23-18-12-26-10-8-19(18)24;/h1-6,11,18-19,24H,7-10,12,22H2,(H,23,25);1H/t18-,19-;/m1./s1. The third-order valence-electron chi connectivity index (χ3n) is 4.41. The van der Waals surface area contributed by atoms with Gasteiger partial charge in [0.15, 0.2) is 0 Å². The van der Waals surface area contributed by atoms with Crippen LogP contribution in [0.2, 0.25) is 0 Å². The Bertz CT molecular complexity index is 788. The summed E-state index contributed by atoms with van der Waals surface area (Å²) in [6, 6.07) is 10.8. The normalized spacial score (nSPS) is 18.8. The van der Waals surface area contributed by atoms with Crippen LogP contribution in [0.5, 0.6) is 11.5 Å². The van der Waals surface area contributed by atoms with E-state index in [1.165, 1.54) is 18.2 Å². The zero-order valence-corrected chi connectivity index (χ0v) is 16.1.